The Morgan fingerprint density at radius 2 is 2.06 bits per heavy atom. The lowest BCUT2D eigenvalue weighted by Gasteiger charge is -2.31. The molecule has 0 bridgehead atoms. The molecule has 1 rings (SSSR count). The lowest BCUT2D eigenvalue weighted by molar-refractivity contribution is 0.181. The third kappa shape index (κ3) is 4.40. The summed E-state index contributed by atoms with van der Waals surface area (Å²) in [5, 5.41) is 3.58. The van der Waals surface area contributed by atoms with Gasteiger partial charge in [0.1, 0.15) is 0 Å². The van der Waals surface area contributed by atoms with Crippen LogP contribution in [0, 0.1) is 0 Å². The highest BCUT2D eigenvalue weighted by molar-refractivity contribution is 4.79. The van der Waals surface area contributed by atoms with Crippen LogP contribution in [0.4, 0.5) is 0 Å². The van der Waals surface area contributed by atoms with E-state index in [0.29, 0.717) is 12.1 Å². The van der Waals surface area contributed by atoms with Gasteiger partial charge in [-0.1, -0.05) is 13.8 Å². The van der Waals surface area contributed by atoms with E-state index in [2.05, 4.69) is 42.9 Å². The van der Waals surface area contributed by atoms with Crippen molar-refractivity contribution >= 4 is 0 Å². The normalized spacial score (nSPS) is 26.6. The molecule has 1 aliphatic rings. The number of nitrogens with one attached hydrogen (secondary N) is 1. The molecule has 0 radical (unpaired) electrons. The van der Waals surface area contributed by atoms with Crippen molar-refractivity contribution in [3.63, 3.8) is 0 Å². The summed E-state index contributed by atoms with van der Waals surface area (Å²) in [5.41, 5.74) is 0. The Morgan fingerprint density at radius 3 is 2.69 bits per heavy atom. The van der Waals surface area contributed by atoms with Gasteiger partial charge in [-0.05, 0) is 46.4 Å². The molecule has 3 nitrogen and oxygen atoms in total. The van der Waals surface area contributed by atoms with Crippen LogP contribution in [0.5, 0.6) is 0 Å². The first-order chi connectivity index (χ1) is 7.67. The highest BCUT2D eigenvalue weighted by atomic mass is 15.2. The molecule has 1 N–H and O–H groups in total. The zero-order chi connectivity index (χ0) is 12.0. The van der Waals surface area contributed by atoms with Crippen LogP contribution in [0.15, 0.2) is 0 Å². The van der Waals surface area contributed by atoms with Gasteiger partial charge in [-0.25, -0.2) is 0 Å². The highest BCUT2D eigenvalue weighted by Gasteiger charge is 2.21. The fourth-order valence-electron chi connectivity index (χ4n) is 2.60. The molecule has 0 amide bonds. The zero-order valence-electron chi connectivity index (χ0n) is 11.5. The molecule has 0 aliphatic carbocycles. The molecule has 0 saturated carbocycles. The Labute approximate surface area is 101 Å². The molecule has 2 atom stereocenters. The number of likely N-dealkylation sites (N-methyl/N-ethyl adjacent to an activating group) is 2. The lowest BCUT2D eigenvalue weighted by atomic mass is 10.1. The summed E-state index contributed by atoms with van der Waals surface area (Å²) in [7, 11) is 2.24. The van der Waals surface area contributed by atoms with E-state index in [1.807, 2.05) is 0 Å². The van der Waals surface area contributed by atoms with Crippen LogP contribution >= 0.6 is 0 Å². The predicted octanol–water partition coefficient (Wildman–Crippen LogP) is 1.40. The summed E-state index contributed by atoms with van der Waals surface area (Å²) in [6.07, 6.45) is 2.54. The van der Waals surface area contributed by atoms with E-state index in [9.17, 15) is 0 Å². The topological polar surface area (TPSA) is 18.5 Å². The van der Waals surface area contributed by atoms with Crippen LogP contribution < -0.4 is 5.32 Å². The molecule has 1 fully saturated rings. The van der Waals surface area contributed by atoms with Gasteiger partial charge in [0, 0.05) is 25.2 Å². The smallest absolute Gasteiger partial charge is 0.0195 e. The van der Waals surface area contributed by atoms with Crippen LogP contribution in [0.3, 0.4) is 0 Å². The molecule has 1 saturated heterocycles. The Balaban J connectivity index is 2.44. The van der Waals surface area contributed by atoms with Gasteiger partial charge in [0.25, 0.3) is 0 Å². The Morgan fingerprint density at radius 1 is 1.31 bits per heavy atom. The van der Waals surface area contributed by atoms with Crippen molar-refractivity contribution < 1.29 is 0 Å². The van der Waals surface area contributed by atoms with Gasteiger partial charge in [0.2, 0.25) is 0 Å². The summed E-state index contributed by atoms with van der Waals surface area (Å²) in [6.45, 7) is 12.8. The van der Waals surface area contributed by atoms with Crippen LogP contribution in [0.2, 0.25) is 0 Å². The molecule has 0 aromatic carbocycles. The maximum absolute atomic E-state index is 3.58. The van der Waals surface area contributed by atoms with Crippen molar-refractivity contribution in [2.24, 2.45) is 0 Å². The number of hydrogen-bond donors (Lipinski definition) is 1. The van der Waals surface area contributed by atoms with Crippen molar-refractivity contribution in [1.29, 1.82) is 0 Å². The minimum Gasteiger partial charge on any atom is -0.313 e. The first-order valence-corrected chi connectivity index (χ1v) is 6.83. The minimum atomic E-state index is 0.663. The summed E-state index contributed by atoms with van der Waals surface area (Å²) in [5.74, 6) is 0. The van der Waals surface area contributed by atoms with Crippen LogP contribution in [0.25, 0.3) is 0 Å². The van der Waals surface area contributed by atoms with Crippen molar-refractivity contribution in [2.75, 3.05) is 39.8 Å². The van der Waals surface area contributed by atoms with Crippen LogP contribution in [-0.2, 0) is 0 Å². The lowest BCUT2D eigenvalue weighted by Crippen LogP contribution is -2.46. The summed E-state index contributed by atoms with van der Waals surface area (Å²) in [6, 6.07) is 1.36. The number of rotatable bonds is 5. The van der Waals surface area contributed by atoms with E-state index in [1.165, 1.54) is 39.0 Å². The standard InChI is InChI=1S/C13H29N3/c1-5-13(14-6-2)11-16-9-7-8-15(4)10-12(16)3/h12-14H,5-11H2,1-4H3. The van der Waals surface area contributed by atoms with E-state index in [4.69, 9.17) is 0 Å². The Bertz CT molecular complexity index is 184. The molecule has 0 aromatic heterocycles. The maximum Gasteiger partial charge on any atom is 0.0195 e. The Kier molecular flexibility index (Phi) is 6.32. The van der Waals surface area contributed by atoms with Gasteiger partial charge < -0.3 is 10.2 Å². The van der Waals surface area contributed by atoms with Crippen molar-refractivity contribution in [3.8, 4) is 0 Å². The van der Waals surface area contributed by atoms with E-state index in [-0.39, 0.29) is 0 Å². The van der Waals surface area contributed by atoms with Gasteiger partial charge >= 0.3 is 0 Å². The third-order valence-electron chi connectivity index (χ3n) is 3.62. The number of hydrogen-bond acceptors (Lipinski definition) is 3. The van der Waals surface area contributed by atoms with E-state index < -0.39 is 0 Å². The van der Waals surface area contributed by atoms with Gasteiger partial charge in [-0.2, -0.15) is 0 Å². The largest absolute Gasteiger partial charge is 0.313 e. The van der Waals surface area contributed by atoms with Crippen LogP contribution in [-0.4, -0.2) is 61.7 Å². The minimum absolute atomic E-state index is 0.663. The van der Waals surface area contributed by atoms with Crippen molar-refractivity contribution in [3.05, 3.63) is 0 Å². The van der Waals surface area contributed by atoms with Gasteiger partial charge in [-0.15, -0.1) is 0 Å². The molecular weight excluding hydrogens is 198 g/mol. The van der Waals surface area contributed by atoms with E-state index in [1.54, 1.807) is 0 Å². The van der Waals surface area contributed by atoms with Gasteiger partial charge in [0.05, 0.1) is 0 Å². The number of nitrogens with zero attached hydrogens (tertiary/aromatic N) is 2. The zero-order valence-corrected chi connectivity index (χ0v) is 11.5. The fraction of sp³-hybridized carbons (Fsp3) is 1.00. The summed E-state index contributed by atoms with van der Waals surface area (Å²) < 4.78 is 0. The molecular formula is C13H29N3. The molecule has 0 aromatic rings. The average molecular weight is 227 g/mol. The predicted molar refractivity (Wildman–Crippen MR) is 70.9 cm³/mol. The van der Waals surface area contributed by atoms with E-state index >= 15 is 0 Å². The molecule has 96 valence electrons. The molecule has 2 unspecified atom stereocenters. The monoisotopic (exact) mass is 227 g/mol. The molecule has 0 spiro atoms. The van der Waals surface area contributed by atoms with Crippen molar-refractivity contribution in [1.82, 2.24) is 15.1 Å². The Hall–Kier alpha value is -0.120. The second-order valence-corrected chi connectivity index (χ2v) is 5.12. The second kappa shape index (κ2) is 7.25. The van der Waals surface area contributed by atoms with Crippen molar-refractivity contribution in [2.45, 2.75) is 45.7 Å². The first kappa shape index (κ1) is 13.9. The molecule has 3 heteroatoms. The highest BCUT2D eigenvalue weighted by Crippen LogP contribution is 2.09. The summed E-state index contributed by atoms with van der Waals surface area (Å²) >= 11 is 0. The van der Waals surface area contributed by atoms with E-state index in [0.717, 1.165) is 6.54 Å². The average Bonchev–Trinajstić information content (AvgIpc) is 2.40. The SMILES string of the molecule is CCNC(CC)CN1CCCN(C)CC1C. The van der Waals surface area contributed by atoms with Gasteiger partial charge in [-0.3, -0.25) is 4.90 Å². The second-order valence-electron chi connectivity index (χ2n) is 5.12. The quantitative estimate of drug-likeness (QED) is 0.766. The first-order valence-electron chi connectivity index (χ1n) is 6.83. The fourth-order valence-corrected chi connectivity index (χ4v) is 2.60. The molecule has 1 aliphatic heterocycles. The van der Waals surface area contributed by atoms with Crippen LogP contribution in [0.1, 0.15) is 33.6 Å². The molecule has 1 heterocycles. The molecule has 16 heavy (non-hydrogen) atoms. The summed E-state index contributed by atoms with van der Waals surface area (Å²) in [4.78, 5) is 5.11. The van der Waals surface area contributed by atoms with Gasteiger partial charge in [0.15, 0.2) is 0 Å². The third-order valence-corrected chi connectivity index (χ3v) is 3.62. The maximum atomic E-state index is 3.58.